The van der Waals surface area contributed by atoms with Gasteiger partial charge in [-0.15, -0.1) is 10.2 Å². The van der Waals surface area contributed by atoms with Crippen molar-refractivity contribution in [3.63, 3.8) is 0 Å². The van der Waals surface area contributed by atoms with Gasteiger partial charge in [-0.25, -0.2) is 0 Å². The van der Waals surface area contributed by atoms with Crippen LogP contribution in [0, 0.1) is 0 Å². The second-order valence-electron chi connectivity index (χ2n) is 5.12. The van der Waals surface area contributed by atoms with E-state index in [4.69, 9.17) is 11.6 Å². The van der Waals surface area contributed by atoms with Crippen LogP contribution in [0.15, 0.2) is 53.0 Å². The summed E-state index contributed by atoms with van der Waals surface area (Å²) in [6.45, 7) is 1.70. The molecule has 1 atom stereocenters. The van der Waals surface area contributed by atoms with Crippen molar-refractivity contribution in [3.05, 3.63) is 58.0 Å². The van der Waals surface area contributed by atoms with Gasteiger partial charge in [0.25, 0.3) is 5.91 Å². The molecule has 0 saturated carbocycles. The van der Waals surface area contributed by atoms with E-state index < -0.39 is 6.04 Å². The maximum Gasteiger partial charge on any atom is 0.250 e. The number of nitrogens with zero attached hydrogens (tertiary/aromatic N) is 4. The van der Waals surface area contributed by atoms with E-state index in [1.54, 1.807) is 31.2 Å². The van der Waals surface area contributed by atoms with Crippen LogP contribution >= 0.6 is 27.5 Å². The minimum absolute atomic E-state index is 0.253. The Hall–Kier alpha value is -2.25. The van der Waals surface area contributed by atoms with Crippen LogP contribution < -0.4 is 5.32 Å². The molecule has 8 heteroatoms. The van der Waals surface area contributed by atoms with Crippen LogP contribution in [0.2, 0.25) is 5.02 Å². The summed E-state index contributed by atoms with van der Waals surface area (Å²) in [6.07, 6.45) is 0. The molecule has 24 heavy (non-hydrogen) atoms. The van der Waals surface area contributed by atoms with Crippen LogP contribution in [0.1, 0.15) is 13.0 Å². The first kappa shape index (κ1) is 16.6. The van der Waals surface area contributed by atoms with E-state index in [0.29, 0.717) is 16.5 Å². The van der Waals surface area contributed by atoms with Crippen molar-refractivity contribution in [3.8, 4) is 11.4 Å². The fourth-order valence-electron chi connectivity index (χ4n) is 2.02. The second kappa shape index (κ2) is 7.11. The van der Waals surface area contributed by atoms with Gasteiger partial charge < -0.3 is 5.32 Å². The standard InChI is InChI=1S/C16H13BrClN5O/c1-10(16(24)19-14-4-2-3-13(18)9-14)23-21-15(20-22-23)11-5-7-12(17)8-6-11/h2-10H,1H3,(H,19,24)/t10-/m0/s1. The third kappa shape index (κ3) is 3.80. The van der Waals surface area contributed by atoms with Gasteiger partial charge in [0.1, 0.15) is 6.04 Å². The minimum Gasteiger partial charge on any atom is -0.324 e. The number of carbonyl (C=O) groups is 1. The van der Waals surface area contributed by atoms with Crippen molar-refractivity contribution in [1.29, 1.82) is 0 Å². The summed E-state index contributed by atoms with van der Waals surface area (Å²) in [6, 6.07) is 13.9. The number of amides is 1. The number of carbonyl (C=O) groups excluding carboxylic acids is 1. The predicted molar refractivity (Wildman–Crippen MR) is 95.7 cm³/mol. The first-order chi connectivity index (χ1) is 11.5. The van der Waals surface area contributed by atoms with Gasteiger partial charge in [0.15, 0.2) is 0 Å². The Morgan fingerprint density at radius 2 is 2.00 bits per heavy atom. The lowest BCUT2D eigenvalue weighted by molar-refractivity contribution is -0.119. The first-order valence-electron chi connectivity index (χ1n) is 7.15. The lowest BCUT2D eigenvalue weighted by atomic mass is 10.2. The predicted octanol–water partition coefficient (Wildman–Crippen LogP) is 3.96. The second-order valence-corrected chi connectivity index (χ2v) is 6.47. The summed E-state index contributed by atoms with van der Waals surface area (Å²) < 4.78 is 0.966. The highest BCUT2D eigenvalue weighted by atomic mass is 79.9. The molecule has 122 valence electrons. The summed E-state index contributed by atoms with van der Waals surface area (Å²) in [7, 11) is 0. The lowest BCUT2D eigenvalue weighted by Gasteiger charge is -2.10. The molecular formula is C16H13BrClN5O. The van der Waals surface area contributed by atoms with Gasteiger partial charge in [0, 0.05) is 20.7 Å². The highest BCUT2D eigenvalue weighted by Gasteiger charge is 2.19. The highest BCUT2D eigenvalue weighted by molar-refractivity contribution is 9.10. The van der Waals surface area contributed by atoms with Gasteiger partial charge in [-0.3, -0.25) is 4.79 Å². The van der Waals surface area contributed by atoms with Gasteiger partial charge in [0.2, 0.25) is 5.82 Å². The quantitative estimate of drug-likeness (QED) is 0.712. The normalized spacial score (nSPS) is 12.0. The van der Waals surface area contributed by atoms with Gasteiger partial charge in [-0.1, -0.05) is 33.6 Å². The smallest absolute Gasteiger partial charge is 0.250 e. The summed E-state index contributed by atoms with van der Waals surface area (Å²) in [4.78, 5) is 13.6. The number of anilines is 1. The van der Waals surface area contributed by atoms with Crippen LogP contribution in [0.25, 0.3) is 11.4 Å². The molecule has 0 spiro atoms. The van der Waals surface area contributed by atoms with Crippen molar-refractivity contribution in [2.75, 3.05) is 5.32 Å². The van der Waals surface area contributed by atoms with Crippen molar-refractivity contribution in [1.82, 2.24) is 20.2 Å². The number of hydrogen-bond acceptors (Lipinski definition) is 4. The maximum absolute atomic E-state index is 12.3. The van der Waals surface area contributed by atoms with E-state index in [1.807, 2.05) is 24.3 Å². The number of hydrogen-bond donors (Lipinski definition) is 1. The summed E-state index contributed by atoms with van der Waals surface area (Å²) in [5, 5.41) is 15.6. The number of benzene rings is 2. The average Bonchev–Trinajstić information content (AvgIpc) is 3.04. The third-order valence-electron chi connectivity index (χ3n) is 3.35. The largest absolute Gasteiger partial charge is 0.324 e. The monoisotopic (exact) mass is 405 g/mol. The first-order valence-corrected chi connectivity index (χ1v) is 8.32. The zero-order chi connectivity index (χ0) is 17.1. The third-order valence-corrected chi connectivity index (χ3v) is 4.11. The number of aromatic nitrogens is 4. The molecule has 1 aromatic heterocycles. The van der Waals surface area contributed by atoms with Crippen LogP contribution in [-0.2, 0) is 4.79 Å². The number of halogens is 2. The van der Waals surface area contributed by atoms with E-state index in [2.05, 4.69) is 36.7 Å². The Bertz CT molecular complexity index is 865. The topological polar surface area (TPSA) is 72.7 Å². The fourth-order valence-corrected chi connectivity index (χ4v) is 2.48. The highest BCUT2D eigenvalue weighted by Crippen LogP contribution is 2.19. The average molecular weight is 407 g/mol. The van der Waals surface area contributed by atoms with Gasteiger partial charge in [-0.05, 0) is 54.6 Å². The Balaban J connectivity index is 1.74. The Kier molecular flexibility index (Phi) is 4.92. The molecule has 0 bridgehead atoms. The van der Waals surface area contributed by atoms with Crippen molar-refractivity contribution in [2.24, 2.45) is 0 Å². The van der Waals surface area contributed by atoms with Gasteiger partial charge in [-0.2, -0.15) is 4.80 Å². The zero-order valence-corrected chi connectivity index (χ0v) is 15.0. The SMILES string of the molecule is C[C@@H](C(=O)Nc1cccc(Cl)c1)n1nnc(-c2ccc(Br)cc2)n1. The summed E-state index contributed by atoms with van der Waals surface area (Å²) in [5.41, 5.74) is 1.44. The molecule has 3 rings (SSSR count). The van der Waals surface area contributed by atoms with Crippen molar-refractivity contribution >= 4 is 39.1 Å². The van der Waals surface area contributed by atoms with Crippen LogP contribution in [0.4, 0.5) is 5.69 Å². The maximum atomic E-state index is 12.3. The molecule has 0 saturated heterocycles. The molecule has 0 fully saturated rings. The Morgan fingerprint density at radius 3 is 2.71 bits per heavy atom. The van der Waals surface area contributed by atoms with Crippen LogP contribution in [-0.4, -0.2) is 26.1 Å². The molecule has 3 aromatic rings. The Labute approximate surface area is 152 Å². The molecule has 0 aliphatic rings. The van der Waals surface area contributed by atoms with E-state index >= 15 is 0 Å². The van der Waals surface area contributed by atoms with Crippen LogP contribution in [0.5, 0.6) is 0 Å². The molecule has 0 aliphatic heterocycles. The fraction of sp³-hybridized carbons (Fsp3) is 0.125. The van der Waals surface area contributed by atoms with E-state index in [1.165, 1.54) is 4.80 Å². The number of tetrazole rings is 1. The summed E-state index contributed by atoms with van der Waals surface area (Å²) >= 11 is 9.29. The van der Waals surface area contributed by atoms with E-state index in [9.17, 15) is 4.79 Å². The molecule has 6 nitrogen and oxygen atoms in total. The van der Waals surface area contributed by atoms with E-state index in [-0.39, 0.29) is 5.91 Å². The molecular weight excluding hydrogens is 394 g/mol. The molecule has 0 unspecified atom stereocenters. The molecule has 1 amide bonds. The number of nitrogens with one attached hydrogen (secondary N) is 1. The summed E-state index contributed by atoms with van der Waals surface area (Å²) in [5.74, 6) is 0.210. The molecule has 0 aliphatic carbocycles. The lowest BCUT2D eigenvalue weighted by Crippen LogP contribution is -2.25. The van der Waals surface area contributed by atoms with Gasteiger partial charge in [0.05, 0.1) is 0 Å². The molecule has 1 N–H and O–H groups in total. The van der Waals surface area contributed by atoms with Crippen molar-refractivity contribution in [2.45, 2.75) is 13.0 Å². The molecule has 0 radical (unpaired) electrons. The van der Waals surface area contributed by atoms with Crippen LogP contribution in [0.3, 0.4) is 0 Å². The van der Waals surface area contributed by atoms with Crippen molar-refractivity contribution < 1.29 is 4.79 Å². The minimum atomic E-state index is -0.610. The number of rotatable bonds is 4. The Morgan fingerprint density at radius 1 is 1.25 bits per heavy atom. The molecule has 2 aromatic carbocycles. The molecule has 1 heterocycles. The van der Waals surface area contributed by atoms with Gasteiger partial charge >= 0.3 is 0 Å². The van der Waals surface area contributed by atoms with E-state index in [0.717, 1.165) is 10.0 Å². The zero-order valence-electron chi connectivity index (χ0n) is 12.6.